The molecule has 0 fully saturated rings. The molecule has 0 radical (unpaired) electrons. The highest BCUT2D eigenvalue weighted by Crippen LogP contribution is 2.32. The molecule has 1 aromatic carbocycles. The molecule has 0 aromatic heterocycles. The second-order valence-electron chi connectivity index (χ2n) is 3.61. The van der Waals surface area contributed by atoms with E-state index in [4.69, 9.17) is 0 Å². The van der Waals surface area contributed by atoms with Crippen LogP contribution < -0.4 is 0 Å². The van der Waals surface area contributed by atoms with Gasteiger partial charge in [0.25, 0.3) is 0 Å². The highest BCUT2D eigenvalue weighted by Gasteiger charge is 2.24. The molecular formula is C12H11BrO3. The van der Waals surface area contributed by atoms with E-state index in [0.29, 0.717) is 6.42 Å². The number of benzene rings is 1. The number of carbonyl (C=O) groups excluding carboxylic acids is 1. The van der Waals surface area contributed by atoms with Gasteiger partial charge in [0.15, 0.2) is 0 Å². The van der Waals surface area contributed by atoms with Crippen molar-refractivity contribution < 1.29 is 14.6 Å². The SMILES string of the molecule is COC(=O)C1=C(O)CCc2cc(Br)ccc21. The van der Waals surface area contributed by atoms with Crippen LogP contribution in [0.2, 0.25) is 0 Å². The van der Waals surface area contributed by atoms with Gasteiger partial charge in [-0.1, -0.05) is 22.0 Å². The van der Waals surface area contributed by atoms with Crippen molar-refractivity contribution >= 4 is 27.5 Å². The molecule has 0 saturated carbocycles. The van der Waals surface area contributed by atoms with E-state index in [1.54, 1.807) is 0 Å². The quantitative estimate of drug-likeness (QED) is 0.806. The summed E-state index contributed by atoms with van der Waals surface area (Å²) in [7, 11) is 1.32. The smallest absolute Gasteiger partial charge is 0.341 e. The van der Waals surface area contributed by atoms with Crippen LogP contribution in [0, 0.1) is 0 Å². The lowest BCUT2D eigenvalue weighted by Gasteiger charge is -2.18. The Morgan fingerprint density at radius 1 is 1.44 bits per heavy atom. The molecule has 0 heterocycles. The number of methoxy groups -OCH3 is 1. The number of carbonyl (C=O) groups is 1. The summed E-state index contributed by atoms with van der Waals surface area (Å²) >= 11 is 3.38. The molecular weight excluding hydrogens is 272 g/mol. The molecule has 0 saturated heterocycles. The lowest BCUT2D eigenvalue weighted by atomic mass is 9.89. The van der Waals surface area contributed by atoms with E-state index in [1.807, 2.05) is 18.2 Å². The Kier molecular flexibility index (Phi) is 3.01. The summed E-state index contributed by atoms with van der Waals surface area (Å²) in [6.07, 6.45) is 1.22. The molecule has 0 amide bonds. The molecule has 1 aliphatic carbocycles. The Balaban J connectivity index is 2.56. The summed E-state index contributed by atoms with van der Waals surface area (Å²) in [4.78, 5) is 11.6. The monoisotopic (exact) mass is 282 g/mol. The van der Waals surface area contributed by atoms with Crippen molar-refractivity contribution in [3.8, 4) is 0 Å². The number of aliphatic hydroxyl groups excluding tert-OH is 1. The van der Waals surface area contributed by atoms with Gasteiger partial charge in [0.1, 0.15) is 11.3 Å². The number of aliphatic hydroxyl groups is 1. The van der Waals surface area contributed by atoms with E-state index in [9.17, 15) is 9.90 Å². The van der Waals surface area contributed by atoms with Crippen LogP contribution in [0.5, 0.6) is 0 Å². The molecule has 16 heavy (non-hydrogen) atoms. The van der Waals surface area contributed by atoms with Crippen molar-refractivity contribution in [1.82, 2.24) is 0 Å². The van der Waals surface area contributed by atoms with Gasteiger partial charge in [-0.15, -0.1) is 0 Å². The molecule has 1 N–H and O–H groups in total. The molecule has 1 aromatic rings. The first kappa shape index (κ1) is 11.2. The van der Waals surface area contributed by atoms with Crippen molar-refractivity contribution in [2.75, 3.05) is 7.11 Å². The fraction of sp³-hybridized carbons (Fsp3) is 0.250. The Hall–Kier alpha value is -1.29. The molecule has 0 spiro atoms. The average molecular weight is 283 g/mol. The van der Waals surface area contributed by atoms with Gasteiger partial charge in [0.05, 0.1) is 7.11 Å². The zero-order valence-electron chi connectivity index (χ0n) is 8.79. The van der Waals surface area contributed by atoms with Gasteiger partial charge in [-0.2, -0.15) is 0 Å². The molecule has 0 unspecified atom stereocenters. The van der Waals surface area contributed by atoms with Crippen LogP contribution in [0.1, 0.15) is 17.5 Å². The molecule has 0 aliphatic heterocycles. The molecule has 0 atom stereocenters. The predicted molar refractivity (Wildman–Crippen MR) is 64.0 cm³/mol. The van der Waals surface area contributed by atoms with Crippen molar-refractivity contribution in [2.45, 2.75) is 12.8 Å². The first-order chi connectivity index (χ1) is 7.63. The number of esters is 1. The minimum atomic E-state index is -0.485. The normalized spacial score (nSPS) is 14.6. The Morgan fingerprint density at radius 2 is 2.19 bits per heavy atom. The summed E-state index contributed by atoms with van der Waals surface area (Å²) in [5.41, 5.74) is 2.10. The molecule has 84 valence electrons. The van der Waals surface area contributed by atoms with E-state index in [0.717, 1.165) is 22.0 Å². The molecule has 4 heteroatoms. The first-order valence-electron chi connectivity index (χ1n) is 4.92. The van der Waals surface area contributed by atoms with E-state index in [1.165, 1.54) is 7.11 Å². The van der Waals surface area contributed by atoms with Gasteiger partial charge in [-0.05, 0) is 29.7 Å². The van der Waals surface area contributed by atoms with E-state index < -0.39 is 5.97 Å². The van der Waals surface area contributed by atoms with Crippen LogP contribution in [-0.4, -0.2) is 18.2 Å². The second kappa shape index (κ2) is 4.29. The van der Waals surface area contributed by atoms with Gasteiger partial charge >= 0.3 is 5.97 Å². The maximum absolute atomic E-state index is 11.6. The number of ether oxygens (including phenoxy) is 1. The van der Waals surface area contributed by atoms with Crippen LogP contribution in [0.3, 0.4) is 0 Å². The van der Waals surface area contributed by atoms with Gasteiger partial charge in [0.2, 0.25) is 0 Å². The summed E-state index contributed by atoms with van der Waals surface area (Å²) in [6.45, 7) is 0. The van der Waals surface area contributed by atoms with Crippen molar-refractivity contribution in [1.29, 1.82) is 0 Å². The fourth-order valence-corrected chi connectivity index (χ4v) is 2.28. The fourth-order valence-electron chi connectivity index (χ4n) is 1.88. The number of hydrogen-bond donors (Lipinski definition) is 1. The number of fused-ring (bicyclic) bond motifs is 1. The molecule has 0 bridgehead atoms. The molecule has 2 rings (SSSR count). The number of aryl methyl sites for hydroxylation is 1. The van der Waals surface area contributed by atoms with Crippen molar-refractivity contribution in [2.24, 2.45) is 0 Å². The van der Waals surface area contributed by atoms with Crippen molar-refractivity contribution in [3.05, 3.63) is 39.6 Å². The van der Waals surface area contributed by atoms with Crippen LogP contribution in [-0.2, 0) is 16.0 Å². The van der Waals surface area contributed by atoms with Crippen LogP contribution in [0.25, 0.3) is 5.57 Å². The number of hydrogen-bond acceptors (Lipinski definition) is 3. The van der Waals surface area contributed by atoms with Gasteiger partial charge in [-0.25, -0.2) is 4.79 Å². The van der Waals surface area contributed by atoms with Crippen LogP contribution >= 0.6 is 15.9 Å². The van der Waals surface area contributed by atoms with E-state index in [-0.39, 0.29) is 11.3 Å². The Morgan fingerprint density at radius 3 is 2.88 bits per heavy atom. The van der Waals surface area contributed by atoms with E-state index in [2.05, 4.69) is 20.7 Å². The third-order valence-electron chi connectivity index (χ3n) is 2.65. The summed E-state index contributed by atoms with van der Waals surface area (Å²) < 4.78 is 5.65. The topological polar surface area (TPSA) is 46.5 Å². The standard InChI is InChI=1S/C12H11BrO3/c1-16-12(15)11-9-4-3-8(13)6-7(9)2-5-10(11)14/h3-4,6,14H,2,5H2,1H3. The van der Waals surface area contributed by atoms with Gasteiger partial charge in [0, 0.05) is 10.9 Å². The highest BCUT2D eigenvalue weighted by molar-refractivity contribution is 9.10. The second-order valence-corrected chi connectivity index (χ2v) is 4.53. The number of rotatable bonds is 1. The Labute approximate surface area is 102 Å². The Bertz CT molecular complexity index is 477. The average Bonchev–Trinajstić information content (AvgIpc) is 2.28. The minimum Gasteiger partial charge on any atom is -0.511 e. The van der Waals surface area contributed by atoms with E-state index >= 15 is 0 Å². The first-order valence-corrected chi connectivity index (χ1v) is 5.72. The largest absolute Gasteiger partial charge is 0.511 e. The van der Waals surface area contributed by atoms with Crippen molar-refractivity contribution in [3.63, 3.8) is 0 Å². The molecule has 3 nitrogen and oxygen atoms in total. The highest BCUT2D eigenvalue weighted by atomic mass is 79.9. The molecule has 1 aliphatic rings. The zero-order chi connectivity index (χ0) is 11.7. The summed E-state index contributed by atoms with van der Waals surface area (Å²) in [5, 5.41) is 9.75. The lowest BCUT2D eigenvalue weighted by Crippen LogP contribution is -2.13. The third kappa shape index (κ3) is 1.85. The summed E-state index contributed by atoms with van der Waals surface area (Å²) in [5.74, 6) is -0.373. The van der Waals surface area contributed by atoms with Gasteiger partial charge < -0.3 is 9.84 Å². The maximum Gasteiger partial charge on any atom is 0.341 e. The zero-order valence-corrected chi connectivity index (χ0v) is 10.4. The predicted octanol–water partition coefficient (Wildman–Crippen LogP) is 2.84. The third-order valence-corrected chi connectivity index (χ3v) is 3.14. The maximum atomic E-state index is 11.6. The van der Waals surface area contributed by atoms with Crippen LogP contribution in [0.4, 0.5) is 0 Å². The number of halogens is 1. The lowest BCUT2D eigenvalue weighted by molar-refractivity contribution is -0.133. The number of allylic oxidation sites excluding steroid dienone is 1. The van der Waals surface area contributed by atoms with Crippen LogP contribution in [0.15, 0.2) is 28.4 Å². The summed E-state index contributed by atoms with van der Waals surface area (Å²) in [6, 6.07) is 5.63. The van der Waals surface area contributed by atoms with Gasteiger partial charge in [-0.3, -0.25) is 0 Å². The minimum absolute atomic E-state index is 0.113.